The first-order valence-corrected chi connectivity index (χ1v) is 16.0. The molecule has 2 aromatic heterocycles. The number of carboxylic acid groups (broad SMARTS) is 1. The van der Waals surface area contributed by atoms with E-state index in [9.17, 15) is 31.5 Å². The van der Waals surface area contributed by atoms with Crippen LogP contribution in [0.3, 0.4) is 0 Å². The number of ether oxygens (including phenoxy) is 1. The number of pyridine rings is 1. The molecule has 0 atom stereocenters. The van der Waals surface area contributed by atoms with Crippen LogP contribution in [0.15, 0.2) is 58.3 Å². The second-order valence-electron chi connectivity index (χ2n) is 11.3. The van der Waals surface area contributed by atoms with Crippen LogP contribution in [0.25, 0.3) is 6.08 Å². The minimum atomic E-state index is -5.08. The van der Waals surface area contributed by atoms with E-state index < -0.39 is 27.8 Å². The molecule has 1 saturated heterocycles. The van der Waals surface area contributed by atoms with E-state index in [1.54, 1.807) is 56.5 Å². The highest BCUT2D eigenvalue weighted by Gasteiger charge is 2.41. The van der Waals surface area contributed by atoms with Gasteiger partial charge >= 0.3 is 12.1 Å². The Morgan fingerprint density at radius 1 is 1.15 bits per heavy atom. The van der Waals surface area contributed by atoms with E-state index in [1.807, 2.05) is 18.2 Å². The van der Waals surface area contributed by atoms with E-state index in [1.165, 1.54) is 10.6 Å². The lowest BCUT2D eigenvalue weighted by atomic mass is 9.90. The molecule has 1 aliphatic heterocycles. The summed E-state index contributed by atoms with van der Waals surface area (Å²) in [6.45, 7) is 4.16. The minimum Gasteiger partial charge on any atom is -0.497 e. The number of benzene rings is 1. The highest BCUT2D eigenvalue weighted by atomic mass is 32.2. The van der Waals surface area contributed by atoms with Gasteiger partial charge < -0.3 is 24.3 Å². The lowest BCUT2D eigenvalue weighted by molar-refractivity contribution is -0.192. The van der Waals surface area contributed by atoms with Gasteiger partial charge in [0.1, 0.15) is 12.0 Å². The Morgan fingerprint density at radius 2 is 1.72 bits per heavy atom. The zero-order valence-electron chi connectivity index (χ0n) is 25.9. The largest absolute Gasteiger partial charge is 0.497 e. The van der Waals surface area contributed by atoms with Crippen LogP contribution in [0.4, 0.5) is 13.2 Å². The molecular formula is C31H35F3N4O8S. The van der Waals surface area contributed by atoms with Gasteiger partial charge in [-0.05, 0) is 80.5 Å². The molecule has 16 heteroatoms. The van der Waals surface area contributed by atoms with Crippen molar-refractivity contribution in [3.8, 4) is 5.75 Å². The van der Waals surface area contributed by atoms with Gasteiger partial charge in [-0.1, -0.05) is 12.2 Å². The van der Waals surface area contributed by atoms with Gasteiger partial charge in [0.2, 0.25) is 15.9 Å². The SMILES string of the molecule is COc1cc(C)c(S(=O)(=O)N(Cc2nc(C(=O)N3CCC(O)(C=Cc4ccncc4)CC3)co2)C2CC2)c(C)c1.O=C(O)C(F)(F)F. The number of piperidine rings is 1. The summed E-state index contributed by atoms with van der Waals surface area (Å²) < 4.78 is 71.6. The molecule has 3 heterocycles. The summed E-state index contributed by atoms with van der Waals surface area (Å²) in [4.78, 5) is 32.3. The molecule has 0 bridgehead atoms. The van der Waals surface area contributed by atoms with Crippen LogP contribution < -0.4 is 4.74 Å². The monoisotopic (exact) mass is 680 g/mol. The molecule has 1 aromatic carbocycles. The predicted molar refractivity (Wildman–Crippen MR) is 162 cm³/mol. The van der Waals surface area contributed by atoms with Crippen LogP contribution in [-0.4, -0.2) is 87.7 Å². The zero-order valence-corrected chi connectivity index (χ0v) is 26.7. The quantitative estimate of drug-likeness (QED) is 0.332. The Labute approximate surface area is 269 Å². The van der Waals surface area contributed by atoms with E-state index in [-0.39, 0.29) is 35.0 Å². The van der Waals surface area contributed by atoms with Gasteiger partial charge in [0, 0.05) is 31.5 Å². The van der Waals surface area contributed by atoms with Crippen molar-refractivity contribution in [3.05, 3.63) is 77.3 Å². The van der Waals surface area contributed by atoms with Crippen molar-refractivity contribution in [1.82, 2.24) is 19.2 Å². The first-order chi connectivity index (χ1) is 22.0. The van der Waals surface area contributed by atoms with Gasteiger partial charge in [-0.3, -0.25) is 9.78 Å². The Kier molecular flexibility index (Phi) is 10.8. The molecular weight excluding hydrogens is 645 g/mol. The van der Waals surface area contributed by atoms with Crippen molar-refractivity contribution in [3.63, 3.8) is 0 Å². The number of hydrogen-bond acceptors (Lipinski definition) is 9. The smallest absolute Gasteiger partial charge is 0.490 e. The summed E-state index contributed by atoms with van der Waals surface area (Å²) in [6, 6.07) is 6.99. The van der Waals surface area contributed by atoms with E-state index in [4.69, 9.17) is 19.1 Å². The van der Waals surface area contributed by atoms with Crippen LogP contribution in [0.2, 0.25) is 0 Å². The van der Waals surface area contributed by atoms with Gasteiger partial charge in [0.25, 0.3) is 5.91 Å². The molecule has 1 amide bonds. The summed E-state index contributed by atoms with van der Waals surface area (Å²) in [5, 5.41) is 18.1. The van der Waals surface area contributed by atoms with Crippen molar-refractivity contribution < 1.29 is 50.5 Å². The van der Waals surface area contributed by atoms with Crippen molar-refractivity contribution in [2.24, 2.45) is 0 Å². The van der Waals surface area contributed by atoms with E-state index in [0.29, 0.717) is 42.8 Å². The number of hydrogen-bond donors (Lipinski definition) is 2. The molecule has 2 aliphatic rings. The van der Waals surface area contributed by atoms with Crippen molar-refractivity contribution >= 4 is 28.0 Å². The Morgan fingerprint density at radius 3 is 2.23 bits per heavy atom. The molecule has 12 nitrogen and oxygen atoms in total. The van der Waals surface area contributed by atoms with Crippen LogP contribution >= 0.6 is 0 Å². The van der Waals surface area contributed by atoms with Gasteiger partial charge in [-0.25, -0.2) is 18.2 Å². The topological polar surface area (TPSA) is 163 Å². The minimum absolute atomic E-state index is 0.0647. The molecule has 3 aromatic rings. The molecule has 254 valence electrons. The first-order valence-electron chi connectivity index (χ1n) is 14.6. The summed E-state index contributed by atoms with van der Waals surface area (Å²) >= 11 is 0. The number of oxazole rings is 1. The number of methoxy groups -OCH3 is 1. The number of carbonyl (C=O) groups is 2. The number of sulfonamides is 1. The third kappa shape index (κ3) is 8.96. The summed E-state index contributed by atoms with van der Waals surface area (Å²) in [6.07, 6.45) is 5.50. The van der Waals surface area contributed by atoms with Crippen LogP contribution in [0.1, 0.15) is 58.8 Å². The molecule has 2 fully saturated rings. The van der Waals surface area contributed by atoms with Gasteiger partial charge in [-0.15, -0.1) is 0 Å². The van der Waals surface area contributed by atoms with Gasteiger partial charge in [0.15, 0.2) is 5.69 Å². The highest BCUT2D eigenvalue weighted by molar-refractivity contribution is 7.89. The second kappa shape index (κ2) is 14.2. The number of aliphatic hydroxyl groups is 1. The lowest BCUT2D eigenvalue weighted by Gasteiger charge is -2.36. The van der Waals surface area contributed by atoms with Crippen LogP contribution in [0.5, 0.6) is 5.75 Å². The number of rotatable bonds is 9. The fourth-order valence-corrected chi connectivity index (χ4v) is 7.14. The zero-order chi connectivity index (χ0) is 34.6. The normalized spacial score (nSPS) is 16.6. The maximum atomic E-state index is 13.8. The third-order valence-corrected chi connectivity index (χ3v) is 9.91. The lowest BCUT2D eigenvalue weighted by Crippen LogP contribution is -2.45. The molecule has 0 radical (unpaired) electrons. The first kappa shape index (κ1) is 35.6. The second-order valence-corrected chi connectivity index (χ2v) is 13.1. The Balaban J connectivity index is 0.000000644. The fraction of sp³-hybridized carbons (Fsp3) is 0.419. The number of halogens is 3. The van der Waals surface area contributed by atoms with Crippen molar-refractivity contribution in [2.75, 3.05) is 20.2 Å². The molecule has 2 N–H and O–H groups in total. The number of carbonyl (C=O) groups excluding carboxylic acids is 1. The average molecular weight is 681 g/mol. The summed E-state index contributed by atoms with van der Waals surface area (Å²) in [5.74, 6) is -2.30. The number of amides is 1. The number of nitrogens with zero attached hydrogens (tertiary/aromatic N) is 4. The molecule has 0 unspecified atom stereocenters. The number of carboxylic acids is 1. The predicted octanol–water partition coefficient (Wildman–Crippen LogP) is 4.36. The van der Waals surface area contributed by atoms with Gasteiger partial charge in [-0.2, -0.15) is 17.5 Å². The average Bonchev–Trinajstić information content (AvgIpc) is 3.74. The van der Waals surface area contributed by atoms with E-state index in [0.717, 1.165) is 18.4 Å². The molecule has 5 rings (SSSR count). The summed E-state index contributed by atoms with van der Waals surface area (Å²) in [5.41, 5.74) is 1.26. The number of aryl methyl sites for hydroxylation is 2. The summed E-state index contributed by atoms with van der Waals surface area (Å²) in [7, 11) is -2.30. The van der Waals surface area contributed by atoms with Crippen molar-refractivity contribution in [2.45, 2.75) is 68.8 Å². The molecule has 1 aliphatic carbocycles. The highest BCUT2D eigenvalue weighted by Crippen LogP contribution is 2.36. The van der Waals surface area contributed by atoms with Crippen molar-refractivity contribution in [1.29, 1.82) is 0 Å². The van der Waals surface area contributed by atoms with E-state index >= 15 is 0 Å². The molecule has 47 heavy (non-hydrogen) atoms. The standard InChI is InChI=1S/C29H34N4O6S.C2HF3O2/c1-20-16-24(38-3)17-21(2)27(20)40(36,37)33(23-4-5-23)18-26-31-25(19-39-26)28(34)32-14-10-29(35,11-15-32)9-6-22-7-12-30-13-8-22;3-2(4,5)1(6)7/h6-9,12-13,16-17,19,23,35H,4-5,10-11,14-15,18H2,1-3H3;(H,6,7). The fourth-order valence-electron chi connectivity index (χ4n) is 5.09. The molecule has 1 saturated carbocycles. The number of aromatic nitrogens is 2. The maximum Gasteiger partial charge on any atom is 0.490 e. The maximum absolute atomic E-state index is 13.8. The van der Waals surface area contributed by atoms with Crippen LogP contribution in [-0.2, 0) is 21.4 Å². The Bertz CT molecular complexity index is 1690. The van der Waals surface area contributed by atoms with Crippen LogP contribution in [0, 0.1) is 13.8 Å². The Hall–Kier alpha value is -4.28. The van der Waals surface area contributed by atoms with E-state index in [2.05, 4.69) is 9.97 Å². The molecule has 0 spiro atoms. The van der Waals surface area contributed by atoms with Gasteiger partial charge in [0.05, 0.1) is 24.2 Å². The number of likely N-dealkylation sites (tertiary alicyclic amines) is 1. The number of alkyl halides is 3. The number of aliphatic carboxylic acids is 1. The third-order valence-electron chi connectivity index (χ3n) is 7.70.